The highest BCUT2D eigenvalue weighted by molar-refractivity contribution is 7.89. The summed E-state index contributed by atoms with van der Waals surface area (Å²) in [5.74, 6) is 0.748. The summed E-state index contributed by atoms with van der Waals surface area (Å²) in [4.78, 5) is 10.4. The van der Waals surface area contributed by atoms with Crippen LogP contribution in [0, 0.1) is 5.92 Å². The Hall–Kier alpha value is -2.08. The molecule has 0 amide bonds. The molecule has 1 N–H and O–H groups in total. The first kappa shape index (κ1) is 21.6. The van der Waals surface area contributed by atoms with E-state index in [1.807, 2.05) is 18.7 Å². The number of nitrogens with zero attached hydrogens (tertiary/aromatic N) is 4. The number of hydrogen-bond donors (Lipinski definition) is 1. The first-order valence-corrected chi connectivity index (χ1v) is 12.2. The van der Waals surface area contributed by atoms with Crippen LogP contribution in [-0.2, 0) is 20.0 Å². The summed E-state index contributed by atoms with van der Waals surface area (Å²) < 4.78 is 54.3. The normalized spacial score (nSPS) is 16.3. The number of aromatic nitrogens is 2. The van der Waals surface area contributed by atoms with Gasteiger partial charge in [0.05, 0.1) is 9.79 Å². The van der Waals surface area contributed by atoms with Crippen LogP contribution in [-0.4, -0.2) is 63.8 Å². The third-order valence-electron chi connectivity index (χ3n) is 4.53. The molecule has 29 heavy (non-hydrogen) atoms. The molecule has 2 heterocycles. The van der Waals surface area contributed by atoms with E-state index in [1.54, 1.807) is 18.5 Å². The van der Waals surface area contributed by atoms with Crippen molar-refractivity contribution >= 4 is 26.0 Å². The molecule has 0 bridgehead atoms. The molecule has 1 saturated heterocycles. The molecule has 158 valence electrons. The highest BCUT2D eigenvalue weighted by Gasteiger charge is 2.29. The zero-order chi connectivity index (χ0) is 21.1. The van der Waals surface area contributed by atoms with Gasteiger partial charge in [-0.1, -0.05) is 13.8 Å². The molecule has 0 atom stereocenters. The number of hydrogen-bond acceptors (Lipinski definition) is 7. The van der Waals surface area contributed by atoms with E-state index in [1.165, 1.54) is 28.6 Å². The molecule has 9 nitrogen and oxygen atoms in total. The van der Waals surface area contributed by atoms with Crippen LogP contribution < -0.4 is 9.62 Å². The van der Waals surface area contributed by atoms with Gasteiger partial charge in [-0.2, -0.15) is 4.31 Å². The molecule has 0 radical (unpaired) electrons. The fourth-order valence-corrected chi connectivity index (χ4v) is 5.52. The minimum absolute atomic E-state index is 0.0446. The van der Waals surface area contributed by atoms with Crippen molar-refractivity contribution in [3.63, 3.8) is 0 Å². The Bertz CT molecular complexity index is 1020. The third-order valence-corrected chi connectivity index (χ3v) is 7.88. The van der Waals surface area contributed by atoms with Gasteiger partial charge in [-0.05, 0) is 36.2 Å². The molecule has 0 saturated carbocycles. The second-order valence-corrected chi connectivity index (χ2v) is 10.9. The summed E-state index contributed by atoms with van der Waals surface area (Å²) in [6.45, 7) is 5.69. The van der Waals surface area contributed by atoms with Crippen LogP contribution in [0.25, 0.3) is 0 Å². The number of piperazine rings is 1. The maximum Gasteiger partial charge on any atom is 0.243 e. The summed E-state index contributed by atoms with van der Waals surface area (Å²) >= 11 is 0. The van der Waals surface area contributed by atoms with Crippen molar-refractivity contribution in [2.75, 3.05) is 37.6 Å². The van der Waals surface area contributed by atoms with Crippen LogP contribution in [0.1, 0.15) is 13.8 Å². The fraction of sp³-hybridized carbons (Fsp3) is 0.444. The van der Waals surface area contributed by atoms with Gasteiger partial charge in [-0.15, -0.1) is 0 Å². The van der Waals surface area contributed by atoms with Gasteiger partial charge in [0.25, 0.3) is 0 Å². The smallest absolute Gasteiger partial charge is 0.243 e. The molecule has 0 spiro atoms. The van der Waals surface area contributed by atoms with Crippen molar-refractivity contribution < 1.29 is 16.8 Å². The van der Waals surface area contributed by atoms with Crippen LogP contribution in [0.3, 0.4) is 0 Å². The molecule has 1 aromatic carbocycles. The summed E-state index contributed by atoms with van der Waals surface area (Å²) in [6, 6.07) is 7.05. The molecule has 2 aromatic rings. The molecular formula is C18H25N5O4S2. The lowest BCUT2D eigenvalue weighted by Gasteiger charge is -2.33. The lowest BCUT2D eigenvalue weighted by molar-refractivity contribution is 0.382. The summed E-state index contributed by atoms with van der Waals surface area (Å²) in [5.41, 5.74) is 0. The maximum atomic E-state index is 12.9. The molecule has 1 aromatic heterocycles. The SMILES string of the molecule is CC(C)CNS(=O)(=O)c1ccc(S(=O)(=O)N2CCN(c3ncccn3)CC2)cc1. The van der Waals surface area contributed by atoms with E-state index in [9.17, 15) is 16.8 Å². The summed E-state index contributed by atoms with van der Waals surface area (Å²) in [5, 5.41) is 0. The predicted molar refractivity (Wildman–Crippen MR) is 109 cm³/mol. The topological polar surface area (TPSA) is 113 Å². The average molecular weight is 440 g/mol. The highest BCUT2D eigenvalue weighted by Crippen LogP contribution is 2.21. The van der Waals surface area contributed by atoms with Crippen LogP contribution in [0.2, 0.25) is 0 Å². The molecule has 0 unspecified atom stereocenters. The van der Waals surface area contributed by atoms with Crippen molar-refractivity contribution in [1.29, 1.82) is 0 Å². The molecule has 1 fully saturated rings. The van der Waals surface area contributed by atoms with Gasteiger partial charge in [0, 0.05) is 45.1 Å². The number of nitrogens with one attached hydrogen (secondary N) is 1. The zero-order valence-electron chi connectivity index (χ0n) is 16.4. The molecule has 11 heteroatoms. The van der Waals surface area contributed by atoms with E-state index in [2.05, 4.69) is 14.7 Å². The summed E-state index contributed by atoms with van der Waals surface area (Å²) in [6.07, 6.45) is 3.30. The van der Waals surface area contributed by atoms with E-state index >= 15 is 0 Å². The second-order valence-electron chi connectivity index (χ2n) is 7.16. The van der Waals surface area contributed by atoms with E-state index in [0.29, 0.717) is 38.7 Å². The van der Waals surface area contributed by atoms with Gasteiger partial charge in [0.15, 0.2) is 0 Å². The third kappa shape index (κ3) is 5.10. The minimum atomic E-state index is -3.71. The largest absolute Gasteiger partial charge is 0.338 e. The van der Waals surface area contributed by atoms with Crippen molar-refractivity contribution in [2.45, 2.75) is 23.6 Å². The molecule has 0 aliphatic carbocycles. The van der Waals surface area contributed by atoms with Crippen LogP contribution in [0.4, 0.5) is 5.95 Å². The van der Waals surface area contributed by atoms with Gasteiger partial charge >= 0.3 is 0 Å². The molecule has 3 rings (SSSR count). The maximum absolute atomic E-state index is 12.9. The number of sulfonamides is 2. The van der Waals surface area contributed by atoms with Crippen LogP contribution in [0.5, 0.6) is 0 Å². The van der Waals surface area contributed by atoms with Crippen molar-refractivity contribution in [2.24, 2.45) is 5.92 Å². The van der Waals surface area contributed by atoms with E-state index in [-0.39, 0.29) is 15.7 Å². The first-order valence-electron chi connectivity index (χ1n) is 9.32. The van der Waals surface area contributed by atoms with E-state index < -0.39 is 20.0 Å². The number of benzene rings is 1. The number of anilines is 1. The van der Waals surface area contributed by atoms with E-state index in [4.69, 9.17) is 0 Å². The lowest BCUT2D eigenvalue weighted by Crippen LogP contribution is -2.49. The monoisotopic (exact) mass is 439 g/mol. The Kier molecular flexibility index (Phi) is 6.52. The second kappa shape index (κ2) is 8.74. The molecule has 1 aliphatic heterocycles. The van der Waals surface area contributed by atoms with Crippen molar-refractivity contribution in [1.82, 2.24) is 19.0 Å². The highest BCUT2D eigenvalue weighted by atomic mass is 32.2. The van der Waals surface area contributed by atoms with E-state index in [0.717, 1.165) is 0 Å². The van der Waals surface area contributed by atoms with Gasteiger partial charge in [-0.25, -0.2) is 31.5 Å². The van der Waals surface area contributed by atoms with Crippen LogP contribution in [0.15, 0.2) is 52.5 Å². The van der Waals surface area contributed by atoms with Crippen molar-refractivity contribution in [3.8, 4) is 0 Å². The van der Waals surface area contributed by atoms with Gasteiger partial charge in [-0.3, -0.25) is 0 Å². The zero-order valence-corrected chi connectivity index (χ0v) is 18.0. The quantitative estimate of drug-likeness (QED) is 0.683. The Morgan fingerprint density at radius 3 is 2.03 bits per heavy atom. The molecular weight excluding hydrogens is 414 g/mol. The predicted octanol–water partition coefficient (Wildman–Crippen LogP) is 0.922. The fourth-order valence-electron chi connectivity index (χ4n) is 2.88. The van der Waals surface area contributed by atoms with Crippen LogP contribution >= 0.6 is 0 Å². The van der Waals surface area contributed by atoms with Gasteiger partial charge in [0.2, 0.25) is 26.0 Å². The standard InChI is InChI=1S/C18H25N5O4S2/c1-15(2)14-21-28(24,25)16-4-6-17(7-5-16)29(26,27)23-12-10-22(11-13-23)18-19-8-3-9-20-18/h3-9,15,21H,10-14H2,1-2H3. The Labute approximate surface area is 171 Å². The Balaban J connectivity index is 1.69. The minimum Gasteiger partial charge on any atom is -0.338 e. The Morgan fingerprint density at radius 1 is 0.931 bits per heavy atom. The first-order chi connectivity index (χ1) is 13.7. The number of rotatable bonds is 7. The van der Waals surface area contributed by atoms with Crippen molar-refractivity contribution in [3.05, 3.63) is 42.7 Å². The van der Waals surface area contributed by atoms with Gasteiger partial charge in [0.1, 0.15) is 0 Å². The Morgan fingerprint density at radius 2 is 1.48 bits per heavy atom. The van der Waals surface area contributed by atoms with Gasteiger partial charge < -0.3 is 4.90 Å². The molecule has 1 aliphatic rings. The lowest BCUT2D eigenvalue weighted by atomic mass is 10.2. The average Bonchev–Trinajstić information content (AvgIpc) is 2.73. The summed E-state index contributed by atoms with van der Waals surface area (Å²) in [7, 11) is -7.36.